The zero-order valence-electron chi connectivity index (χ0n) is 6.57. The highest BCUT2D eigenvalue weighted by molar-refractivity contribution is 9.10. The molecule has 2 heterocycles. The number of aromatic nitrogens is 2. The summed E-state index contributed by atoms with van der Waals surface area (Å²) >= 11 is 5.16. The van der Waals surface area contributed by atoms with E-state index in [2.05, 4.69) is 43.5 Å². The van der Waals surface area contributed by atoms with Crippen LogP contribution in [0.2, 0.25) is 0 Å². The average Bonchev–Trinajstić information content (AvgIpc) is 2.62. The fraction of sp³-hybridized carbons (Fsp3) is 0. The van der Waals surface area contributed by atoms with Gasteiger partial charge in [0.1, 0.15) is 0 Å². The summed E-state index contributed by atoms with van der Waals surface area (Å²) in [4.78, 5) is 5.30. The normalized spacial score (nSPS) is 11.5. The number of halogens is 1. The smallest absolute Gasteiger partial charge is 0.194 e. The van der Waals surface area contributed by atoms with Crippen LogP contribution in [0, 0.1) is 0 Å². The van der Waals surface area contributed by atoms with E-state index in [0.29, 0.717) is 0 Å². The molecule has 0 amide bonds. The van der Waals surface area contributed by atoms with Crippen molar-refractivity contribution in [1.82, 2.24) is 9.38 Å². The number of rotatable bonds is 0. The summed E-state index contributed by atoms with van der Waals surface area (Å²) in [7, 11) is 0. The second kappa shape index (κ2) is 2.56. The lowest BCUT2D eigenvalue weighted by atomic mass is 10.3. The summed E-state index contributed by atoms with van der Waals surface area (Å²) in [5.41, 5.74) is 1.22. The van der Waals surface area contributed by atoms with Gasteiger partial charge < -0.3 is 0 Å². The van der Waals surface area contributed by atoms with Gasteiger partial charge in [0.05, 0.1) is 10.2 Å². The van der Waals surface area contributed by atoms with Gasteiger partial charge in [-0.15, -0.1) is 0 Å². The van der Waals surface area contributed by atoms with Gasteiger partial charge in [0.2, 0.25) is 0 Å². The van der Waals surface area contributed by atoms with Gasteiger partial charge >= 0.3 is 0 Å². The Bertz CT molecular complexity index is 581. The van der Waals surface area contributed by atoms with E-state index in [1.807, 2.05) is 12.4 Å². The van der Waals surface area contributed by atoms with Crippen LogP contribution in [0.15, 0.2) is 35.1 Å². The molecule has 2 nitrogen and oxygen atoms in total. The highest BCUT2D eigenvalue weighted by atomic mass is 79.9. The minimum Gasteiger partial charge on any atom is -0.290 e. The maximum absolute atomic E-state index is 4.25. The number of thiazole rings is 1. The summed E-state index contributed by atoms with van der Waals surface area (Å²) in [5.74, 6) is 0. The van der Waals surface area contributed by atoms with E-state index in [-0.39, 0.29) is 0 Å². The maximum Gasteiger partial charge on any atom is 0.194 e. The first-order valence-corrected chi connectivity index (χ1v) is 5.47. The monoisotopic (exact) mass is 252 g/mol. The van der Waals surface area contributed by atoms with Gasteiger partial charge in [0.25, 0.3) is 0 Å². The highest BCUT2D eigenvalue weighted by Gasteiger charge is 2.04. The van der Waals surface area contributed by atoms with Crippen molar-refractivity contribution < 1.29 is 0 Å². The Hall–Kier alpha value is -0.870. The van der Waals surface area contributed by atoms with Crippen molar-refractivity contribution in [2.75, 3.05) is 0 Å². The SMILES string of the molecule is Brc1ccc2c(c1)sc1nccn12. The first-order valence-electron chi connectivity index (χ1n) is 3.86. The van der Waals surface area contributed by atoms with Crippen molar-refractivity contribution in [1.29, 1.82) is 0 Å². The molecule has 1 aromatic carbocycles. The third-order valence-electron chi connectivity index (χ3n) is 1.99. The largest absolute Gasteiger partial charge is 0.290 e. The number of fused-ring (bicyclic) bond motifs is 3. The van der Waals surface area contributed by atoms with Crippen LogP contribution in [0.25, 0.3) is 15.2 Å². The zero-order valence-corrected chi connectivity index (χ0v) is 8.97. The molecule has 0 bridgehead atoms. The Kier molecular flexibility index (Phi) is 1.48. The average molecular weight is 253 g/mol. The first kappa shape index (κ1) is 7.53. The quantitative estimate of drug-likeness (QED) is 0.600. The van der Waals surface area contributed by atoms with Crippen LogP contribution >= 0.6 is 27.3 Å². The van der Waals surface area contributed by atoms with E-state index < -0.39 is 0 Å². The molecule has 0 aliphatic rings. The molecule has 0 aliphatic heterocycles. The third kappa shape index (κ3) is 1.02. The number of hydrogen-bond donors (Lipinski definition) is 0. The van der Waals surface area contributed by atoms with Gasteiger partial charge in [-0.05, 0) is 18.2 Å². The molecule has 0 atom stereocenters. The zero-order chi connectivity index (χ0) is 8.84. The van der Waals surface area contributed by atoms with Gasteiger partial charge in [-0.25, -0.2) is 4.98 Å². The van der Waals surface area contributed by atoms with Crippen LogP contribution in [0.1, 0.15) is 0 Å². The fourth-order valence-corrected chi connectivity index (χ4v) is 2.95. The van der Waals surface area contributed by atoms with Crippen molar-refractivity contribution in [2.45, 2.75) is 0 Å². The van der Waals surface area contributed by atoms with Crippen LogP contribution in [-0.2, 0) is 0 Å². The standard InChI is InChI=1S/C9H5BrN2S/c10-6-1-2-7-8(5-6)13-9-11-3-4-12(7)9/h1-5H. The van der Waals surface area contributed by atoms with Gasteiger partial charge in [0.15, 0.2) is 4.96 Å². The topological polar surface area (TPSA) is 17.3 Å². The maximum atomic E-state index is 4.25. The van der Waals surface area contributed by atoms with Gasteiger partial charge in [0, 0.05) is 16.9 Å². The number of hydrogen-bond acceptors (Lipinski definition) is 2. The fourth-order valence-electron chi connectivity index (χ4n) is 1.42. The molecule has 13 heavy (non-hydrogen) atoms. The predicted molar refractivity (Wildman–Crippen MR) is 58.3 cm³/mol. The molecular formula is C9H5BrN2S. The van der Waals surface area contributed by atoms with E-state index in [1.54, 1.807) is 11.3 Å². The van der Waals surface area contributed by atoms with Gasteiger partial charge in [-0.3, -0.25) is 4.40 Å². The molecule has 3 aromatic rings. The van der Waals surface area contributed by atoms with Gasteiger partial charge in [-0.1, -0.05) is 27.3 Å². The Balaban J connectivity index is 2.59. The van der Waals surface area contributed by atoms with Crippen LogP contribution in [-0.4, -0.2) is 9.38 Å². The van der Waals surface area contributed by atoms with Crippen molar-refractivity contribution in [3.8, 4) is 0 Å². The van der Waals surface area contributed by atoms with E-state index in [9.17, 15) is 0 Å². The second-order valence-corrected chi connectivity index (χ2v) is 4.72. The number of benzene rings is 1. The van der Waals surface area contributed by atoms with Crippen molar-refractivity contribution in [2.24, 2.45) is 0 Å². The summed E-state index contributed by atoms with van der Waals surface area (Å²) in [6.45, 7) is 0. The summed E-state index contributed by atoms with van der Waals surface area (Å²) in [6, 6.07) is 6.27. The molecule has 0 aliphatic carbocycles. The lowest BCUT2D eigenvalue weighted by Gasteiger charge is -1.90. The van der Waals surface area contributed by atoms with Crippen LogP contribution in [0.5, 0.6) is 0 Å². The molecule has 0 saturated heterocycles. The molecule has 4 heteroatoms. The Labute approximate surface area is 87.0 Å². The number of imidazole rings is 1. The Morgan fingerprint density at radius 3 is 3.23 bits per heavy atom. The van der Waals surface area contributed by atoms with E-state index >= 15 is 0 Å². The second-order valence-electron chi connectivity index (χ2n) is 2.79. The minimum atomic E-state index is 1.05. The molecule has 0 saturated carbocycles. The highest BCUT2D eigenvalue weighted by Crippen LogP contribution is 2.27. The van der Waals surface area contributed by atoms with Crippen molar-refractivity contribution >= 4 is 42.4 Å². The molecule has 0 fully saturated rings. The summed E-state index contributed by atoms with van der Waals surface area (Å²) in [5, 5.41) is 0. The molecule has 64 valence electrons. The summed E-state index contributed by atoms with van der Waals surface area (Å²) < 4.78 is 4.48. The van der Waals surface area contributed by atoms with Crippen LogP contribution in [0.4, 0.5) is 0 Å². The molecule has 0 N–H and O–H groups in total. The van der Waals surface area contributed by atoms with Crippen molar-refractivity contribution in [3.05, 3.63) is 35.1 Å². The third-order valence-corrected chi connectivity index (χ3v) is 3.51. The lowest BCUT2D eigenvalue weighted by molar-refractivity contribution is 1.30. The van der Waals surface area contributed by atoms with E-state index in [0.717, 1.165) is 9.43 Å². The van der Waals surface area contributed by atoms with Crippen molar-refractivity contribution in [3.63, 3.8) is 0 Å². The molecular weight excluding hydrogens is 248 g/mol. The molecule has 2 aromatic heterocycles. The van der Waals surface area contributed by atoms with E-state index in [4.69, 9.17) is 0 Å². The predicted octanol–water partition coefficient (Wildman–Crippen LogP) is 3.31. The lowest BCUT2D eigenvalue weighted by Crippen LogP contribution is -1.75. The molecule has 0 spiro atoms. The summed E-state index contributed by atoms with van der Waals surface area (Å²) in [6.07, 6.45) is 3.81. The van der Waals surface area contributed by atoms with Gasteiger partial charge in [-0.2, -0.15) is 0 Å². The molecule has 0 radical (unpaired) electrons. The van der Waals surface area contributed by atoms with E-state index in [1.165, 1.54) is 10.2 Å². The molecule has 0 unspecified atom stereocenters. The minimum absolute atomic E-state index is 1.05. The Morgan fingerprint density at radius 2 is 2.31 bits per heavy atom. The number of nitrogens with zero attached hydrogens (tertiary/aromatic N) is 2. The van der Waals surface area contributed by atoms with Crippen LogP contribution in [0.3, 0.4) is 0 Å². The Morgan fingerprint density at radius 1 is 1.38 bits per heavy atom. The molecule has 3 rings (SSSR count). The first-order chi connectivity index (χ1) is 6.34. The van der Waals surface area contributed by atoms with Crippen LogP contribution < -0.4 is 0 Å².